The Morgan fingerprint density at radius 3 is 1.54 bits per heavy atom. The quantitative estimate of drug-likeness (QED) is 0.514. The first-order chi connectivity index (χ1) is 12.1. The van der Waals surface area contributed by atoms with Gasteiger partial charge >= 0.3 is 23.9 Å². The van der Waals surface area contributed by atoms with Gasteiger partial charge in [-0.25, -0.2) is 14.4 Å². The number of carboxylic acids is 4. The lowest BCUT2D eigenvalue weighted by molar-refractivity contribution is -0.137. The fraction of sp³-hybridized carbons (Fsp3) is 0.0588. The van der Waals surface area contributed by atoms with E-state index in [4.69, 9.17) is 15.3 Å². The molecule has 0 aromatic heterocycles. The predicted octanol–water partition coefficient (Wildman–Crippen LogP) is 1.70. The summed E-state index contributed by atoms with van der Waals surface area (Å²) in [5, 5.41) is 46.3. The molecular weight excluding hydrogens is 348 g/mol. The summed E-state index contributed by atoms with van der Waals surface area (Å²) in [6, 6.07) is 6.19. The molecule has 134 valence electrons. The molecule has 0 amide bonds. The maximum absolute atomic E-state index is 11.7. The maximum Gasteiger partial charge on any atom is 0.339 e. The second-order valence-electron chi connectivity index (χ2n) is 5.27. The Hall–Kier alpha value is -3.88. The van der Waals surface area contributed by atoms with Crippen LogP contribution in [-0.2, 0) is 4.79 Å². The number of carboxylic acid groups (broad SMARTS) is 4. The molecule has 2 aromatic rings. The second kappa shape index (κ2) is 6.93. The number of aromatic carboxylic acids is 3. The Labute approximate surface area is 145 Å². The topological polar surface area (TPSA) is 169 Å². The molecule has 0 aliphatic carbocycles. The Bertz CT molecular complexity index is 930. The fourth-order valence-electron chi connectivity index (χ4n) is 2.49. The summed E-state index contributed by atoms with van der Waals surface area (Å²) in [6.45, 7) is 0. The average molecular weight is 360 g/mol. The summed E-state index contributed by atoms with van der Waals surface area (Å²) in [6.07, 6.45) is 0. The molecule has 0 aliphatic rings. The van der Waals surface area contributed by atoms with Gasteiger partial charge in [0.05, 0.1) is 11.1 Å². The molecule has 26 heavy (non-hydrogen) atoms. The number of rotatable bonds is 6. The van der Waals surface area contributed by atoms with E-state index >= 15 is 0 Å². The molecule has 0 bridgehead atoms. The maximum atomic E-state index is 11.7. The van der Waals surface area contributed by atoms with E-state index in [2.05, 4.69) is 0 Å². The standard InChI is InChI=1S/C17H12O9/c18-12-6-8(2-4-10(12)15(21)22)13(17(25)26)7-1-3-9(14(19)20)11(5-7)16(23)24/h1-6,13,18H,(H,19,20)(H,21,22)(H,23,24)(H,25,26). The van der Waals surface area contributed by atoms with Gasteiger partial charge in [0.2, 0.25) is 0 Å². The first-order valence-electron chi connectivity index (χ1n) is 7.03. The molecule has 0 aliphatic heterocycles. The minimum atomic E-state index is -1.54. The van der Waals surface area contributed by atoms with E-state index in [1.165, 1.54) is 6.07 Å². The molecule has 9 nitrogen and oxygen atoms in total. The van der Waals surface area contributed by atoms with Crippen LogP contribution in [0.15, 0.2) is 36.4 Å². The third-order valence-corrected chi connectivity index (χ3v) is 3.67. The van der Waals surface area contributed by atoms with Crippen molar-refractivity contribution in [2.75, 3.05) is 0 Å². The van der Waals surface area contributed by atoms with E-state index in [0.717, 1.165) is 30.3 Å². The minimum Gasteiger partial charge on any atom is -0.507 e. The van der Waals surface area contributed by atoms with Crippen molar-refractivity contribution in [1.82, 2.24) is 0 Å². The molecule has 1 atom stereocenters. The highest BCUT2D eigenvalue weighted by Gasteiger charge is 2.26. The van der Waals surface area contributed by atoms with Crippen LogP contribution in [0.4, 0.5) is 0 Å². The van der Waals surface area contributed by atoms with Crippen molar-refractivity contribution in [2.45, 2.75) is 5.92 Å². The normalized spacial score (nSPS) is 11.5. The van der Waals surface area contributed by atoms with E-state index in [9.17, 15) is 29.4 Å². The Morgan fingerprint density at radius 1 is 0.654 bits per heavy atom. The number of hydrogen-bond acceptors (Lipinski definition) is 5. The van der Waals surface area contributed by atoms with E-state index in [0.29, 0.717) is 0 Å². The van der Waals surface area contributed by atoms with E-state index < -0.39 is 52.2 Å². The Morgan fingerprint density at radius 2 is 1.12 bits per heavy atom. The minimum absolute atomic E-state index is 0.000543. The van der Waals surface area contributed by atoms with Crippen molar-refractivity contribution in [2.24, 2.45) is 0 Å². The molecular formula is C17H12O9. The van der Waals surface area contributed by atoms with Crippen LogP contribution in [0.1, 0.15) is 48.1 Å². The van der Waals surface area contributed by atoms with E-state index in [1.54, 1.807) is 0 Å². The van der Waals surface area contributed by atoms with Gasteiger partial charge < -0.3 is 25.5 Å². The van der Waals surface area contributed by atoms with Gasteiger partial charge in [0.15, 0.2) is 0 Å². The van der Waals surface area contributed by atoms with Gasteiger partial charge in [-0.05, 0) is 35.4 Å². The van der Waals surface area contributed by atoms with Crippen LogP contribution in [-0.4, -0.2) is 49.4 Å². The van der Waals surface area contributed by atoms with Crippen LogP contribution in [0.25, 0.3) is 0 Å². The van der Waals surface area contributed by atoms with Crippen LogP contribution in [0.5, 0.6) is 5.75 Å². The van der Waals surface area contributed by atoms with Crippen molar-refractivity contribution >= 4 is 23.9 Å². The third-order valence-electron chi connectivity index (χ3n) is 3.67. The zero-order chi connectivity index (χ0) is 19.6. The number of aromatic hydroxyl groups is 1. The average Bonchev–Trinajstić information content (AvgIpc) is 2.54. The summed E-state index contributed by atoms with van der Waals surface area (Å²) in [4.78, 5) is 45.0. The van der Waals surface area contributed by atoms with Crippen LogP contribution in [0, 0.1) is 0 Å². The molecule has 0 heterocycles. The van der Waals surface area contributed by atoms with Gasteiger partial charge in [-0.2, -0.15) is 0 Å². The van der Waals surface area contributed by atoms with Gasteiger partial charge in [-0.1, -0.05) is 12.1 Å². The first-order valence-corrected chi connectivity index (χ1v) is 7.03. The molecule has 0 fully saturated rings. The van der Waals surface area contributed by atoms with E-state index in [-0.39, 0.29) is 11.1 Å². The van der Waals surface area contributed by atoms with Gasteiger partial charge in [0, 0.05) is 0 Å². The van der Waals surface area contributed by atoms with E-state index in [1.807, 2.05) is 0 Å². The number of hydrogen-bond donors (Lipinski definition) is 5. The Kier molecular flexibility index (Phi) is 4.92. The van der Waals surface area contributed by atoms with Crippen molar-refractivity contribution in [3.8, 4) is 5.75 Å². The largest absolute Gasteiger partial charge is 0.507 e. The van der Waals surface area contributed by atoms with Gasteiger partial charge in [0.1, 0.15) is 17.2 Å². The summed E-state index contributed by atoms with van der Waals surface area (Å²) in [5.41, 5.74) is -1.56. The molecule has 2 aromatic carbocycles. The summed E-state index contributed by atoms with van der Waals surface area (Å²) < 4.78 is 0. The SMILES string of the molecule is O=C(O)c1ccc(C(C(=O)O)c2ccc(C(=O)O)c(C(=O)O)c2)cc1O. The zero-order valence-electron chi connectivity index (χ0n) is 12.9. The summed E-state index contributed by atoms with van der Waals surface area (Å²) >= 11 is 0. The van der Waals surface area contributed by atoms with Crippen molar-refractivity contribution < 1.29 is 44.7 Å². The highest BCUT2D eigenvalue weighted by Crippen LogP contribution is 2.30. The lowest BCUT2D eigenvalue weighted by Gasteiger charge is -2.15. The van der Waals surface area contributed by atoms with Crippen LogP contribution in [0.2, 0.25) is 0 Å². The van der Waals surface area contributed by atoms with Crippen molar-refractivity contribution in [1.29, 1.82) is 0 Å². The van der Waals surface area contributed by atoms with Crippen LogP contribution < -0.4 is 0 Å². The van der Waals surface area contributed by atoms with Crippen LogP contribution >= 0.6 is 0 Å². The van der Waals surface area contributed by atoms with Gasteiger partial charge in [-0.15, -0.1) is 0 Å². The number of carbonyl (C=O) groups is 4. The molecule has 5 N–H and O–H groups in total. The van der Waals surface area contributed by atoms with Crippen molar-refractivity contribution in [3.05, 3.63) is 64.2 Å². The molecule has 2 rings (SSSR count). The molecule has 9 heteroatoms. The second-order valence-corrected chi connectivity index (χ2v) is 5.27. The predicted molar refractivity (Wildman–Crippen MR) is 84.9 cm³/mol. The smallest absolute Gasteiger partial charge is 0.339 e. The summed E-state index contributed by atoms with van der Waals surface area (Å²) in [5.74, 6) is -7.92. The van der Waals surface area contributed by atoms with Gasteiger partial charge in [0.25, 0.3) is 0 Å². The summed E-state index contributed by atoms with van der Waals surface area (Å²) in [7, 11) is 0. The molecule has 0 radical (unpaired) electrons. The third kappa shape index (κ3) is 3.46. The molecule has 0 saturated heterocycles. The molecule has 0 spiro atoms. The van der Waals surface area contributed by atoms with Gasteiger partial charge in [-0.3, -0.25) is 4.79 Å². The first kappa shape index (κ1) is 18.5. The lowest BCUT2D eigenvalue weighted by Crippen LogP contribution is -2.16. The monoisotopic (exact) mass is 360 g/mol. The highest BCUT2D eigenvalue weighted by atomic mass is 16.4. The van der Waals surface area contributed by atoms with Crippen molar-refractivity contribution in [3.63, 3.8) is 0 Å². The Balaban J connectivity index is 2.62. The number of phenols is 1. The number of benzene rings is 2. The zero-order valence-corrected chi connectivity index (χ0v) is 12.9. The molecule has 0 saturated carbocycles. The number of aliphatic carboxylic acids is 1. The highest BCUT2D eigenvalue weighted by molar-refractivity contribution is 6.02. The molecule has 1 unspecified atom stereocenters. The lowest BCUT2D eigenvalue weighted by atomic mass is 9.88. The van der Waals surface area contributed by atoms with Crippen LogP contribution in [0.3, 0.4) is 0 Å². The fourth-order valence-corrected chi connectivity index (χ4v) is 2.49.